The second kappa shape index (κ2) is 5.11. The van der Waals surface area contributed by atoms with Gasteiger partial charge in [0.15, 0.2) is 0 Å². The summed E-state index contributed by atoms with van der Waals surface area (Å²) in [4.78, 5) is 11.0. The highest BCUT2D eigenvalue weighted by Gasteiger charge is 2.01. The van der Waals surface area contributed by atoms with Gasteiger partial charge in [0, 0.05) is 15.8 Å². The molecule has 90 valence electrons. The van der Waals surface area contributed by atoms with E-state index >= 15 is 0 Å². The monoisotopic (exact) mass is 249 g/mol. The number of nitrogens with zero attached hydrogens (tertiary/aromatic N) is 2. The summed E-state index contributed by atoms with van der Waals surface area (Å²) in [5.74, 6) is 7.41. The summed E-state index contributed by atoms with van der Waals surface area (Å²) in [5, 5.41) is 3.25. The fraction of sp³-hybridized carbons (Fsp3) is 0.273. The van der Waals surface area contributed by atoms with Crippen LogP contribution in [0, 0.1) is 13.8 Å². The maximum absolute atomic E-state index is 5.33. The molecule has 0 spiro atoms. The molecule has 0 unspecified atom stereocenters. The SMILES string of the molecule is Cc1nc(NN)cc(NCc2ccc(C)s2)n1. The molecule has 0 bridgehead atoms. The number of aryl methyl sites for hydroxylation is 2. The Morgan fingerprint density at radius 3 is 2.65 bits per heavy atom. The van der Waals surface area contributed by atoms with Gasteiger partial charge in [-0.05, 0) is 26.0 Å². The zero-order chi connectivity index (χ0) is 12.3. The van der Waals surface area contributed by atoms with Gasteiger partial charge >= 0.3 is 0 Å². The summed E-state index contributed by atoms with van der Waals surface area (Å²) in [5.41, 5.74) is 2.52. The standard InChI is InChI=1S/C11H15N5S/c1-7-3-4-9(17-7)6-13-10-5-11(16-12)15-8(2)14-10/h3-5H,6,12H2,1-2H3,(H2,13,14,15,16). The highest BCUT2D eigenvalue weighted by molar-refractivity contribution is 7.11. The average molecular weight is 249 g/mol. The lowest BCUT2D eigenvalue weighted by atomic mass is 10.4. The van der Waals surface area contributed by atoms with Crippen molar-refractivity contribution in [1.29, 1.82) is 0 Å². The Kier molecular flexibility index (Phi) is 3.55. The first-order chi connectivity index (χ1) is 8.17. The lowest BCUT2D eigenvalue weighted by Crippen LogP contribution is -2.11. The first-order valence-electron chi connectivity index (χ1n) is 5.29. The second-order valence-electron chi connectivity index (χ2n) is 3.70. The molecule has 2 aromatic rings. The van der Waals surface area contributed by atoms with E-state index in [1.54, 1.807) is 17.4 Å². The minimum Gasteiger partial charge on any atom is -0.365 e. The first kappa shape index (κ1) is 11.8. The van der Waals surface area contributed by atoms with Gasteiger partial charge in [-0.25, -0.2) is 15.8 Å². The lowest BCUT2D eigenvalue weighted by molar-refractivity contribution is 1.02. The van der Waals surface area contributed by atoms with Crippen LogP contribution in [-0.2, 0) is 6.54 Å². The lowest BCUT2D eigenvalue weighted by Gasteiger charge is -2.07. The number of anilines is 2. The van der Waals surface area contributed by atoms with Gasteiger partial charge in [0.2, 0.25) is 0 Å². The van der Waals surface area contributed by atoms with E-state index in [0.717, 1.165) is 12.4 Å². The van der Waals surface area contributed by atoms with E-state index in [0.29, 0.717) is 11.6 Å². The maximum Gasteiger partial charge on any atom is 0.145 e. The molecule has 4 N–H and O–H groups in total. The van der Waals surface area contributed by atoms with E-state index in [9.17, 15) is 0 Å². The molecular weight excluding hydrogens is 234 g/mol. The number of nitrogen functional groups attached to an aromatic ring is 1. The summed E-state index contributed by atoms with van der Waals surface area (Å²) in [6.07, 6.45) is 0. The number of nitrogens with one attached hydrogen (secondary N) is 2. The molecule has 17 heavy (non-hydrogen) atoms. The van der Waals surface area contributed by atoms with E-state index in [-0.39, 0.29) is 0 Å². The highest BCUT2D eigenvalue weighted by Crippen LogP contribution is 2.17. The summed E-state index contributed by atoms with van der Waals surface area (Å²) >= 11 is 1.77. The Bertz CT molecular complexity index is 508. The Morgan fingerprint density at radius 2 is 2.00 bits per heavy atom. The van der Waals surface area contributed by atoms with Crippen LogP contribution in [0.25, 0.3) is 0 Å². The van der Waals surface area contributed by atoms with Crippen LogP contribution < -0.4 is 16.6 Å². The van der Waals surface area contributed by atoms with Crippen molar-refractivity contribution in [3.63, 3.8) is 0 Å². The predicted octanol–water partition coefficient (Wildman–Crippen LogP) is 2.05. The fourth-order valence-electron chi connectivity index (χ4n) is 1.49. The van der Waals surface area contributed by atoms with E-state index < -0.39 is 0 Å². The predicted molar refractivity (Wildman–Crippen MR) is 71.0 cm³/mol. The summed E-state index contributed by atoms with van der Waals surface area (Å²) in [6, 6.07) is 6.01. The van der Waals surface area contributed by atoms with Gasteiger partial charge < -0.3 is 10.7 Å². The Morgan fingerprint density at radius 1 is 1.24 bits per heavy atom. The molecule has 0 aliphatic heterocycles. The molecule has 0 saturated carbocycles. The Balaban J connectivity index is 2.05. The van der Waals surface area contributed by atoms with Crippen molar-refractivity contribution in [3.05, 3.63) is 33.8 Å². The molecule has 6 heteroatoms. The van der Waals surface area contributed by atoms with E-state index in [2.05, 4.69) is 39.8 Å². The number of nitrogens with two attached hydrogens (primary N) is 1. The molecule has 0 aliphatic rings. The Hall–Kier alpha value is -1.66. The van der Waals surface area contributed by atoms with Gasteiger partial charge in [-0.1, -0.05) is 0 Å². The van der Waals surface area contributed by atoms with E-state index in [4.69, 9.17) is 5.84 Å². The fourth-order valence-corrected chi connectivity index (χ4v) is 2.32. The molecule has 2 rings (SSSR count). The summed E-state index contributed by atoms with van der Waals surface area (Å²) in [6.45, 7) is 4.69. The molecule has 0 aromatic carbocycles. The van der Waals surface area contributed by atoms with Crippen LogP contribution >= 0.6 is 11.3 Å². The number of aromatic nitrogens is 2. The minimum absolute atomic E-state index is 0.613. The van der Waals surface area contributed by atoms with E-state index in [1.807, 2.05) is 6.92 Å². The van der Waals surface area contributed by atoms with E-state index in [1.165, 1.54) is 9.75 Å². The molecule has 0 fully saturated rings. The molecule has 0 saturated heterocycles. The van der Waals surface area contributed by atoms with Gasteiger partial charge in [-0.2, -0.15) is 0 Å². The minimum atomic E-state index is 0.613. The summed E-state index contributed by atoms with van der Waals surface area (Å²) in [7, 11) is 0. The quantitative estimate of drug-likeness (QED) is 0.571. The van der Waals surface area contributed by atoms with Crippen molar-refractivity contribution in [2.45, 2.75) is 20.4 Å². The largest absolute Gasteiger partial charge is 0.365 e. The highest BCUT2D eigenvalue weighted by atomic mass is 32.1. The average Bonchev–Trinajstić information content (AvgIpc) is 2.72. The normalized spacial score (nSPS) is 10.3. The van der Waals surface area contributed by atoms with Gasteiger partial charge in [-0.15, -0.1) is 11.3 Å². The van der Waals surface area contributed by atoms with Crippen molar-refractivity contribution >= 4 is 23.0 Å². The van der Waals surface area contributed by atoms with Crippen molar-refractivity contribution < 1.29 is 0 Å². The third kappa shape index (κ3) is 3.15. The van der Waals surface area contributed by atoms with Gasteiger partial charge in [0.25, 0.3) is 0 Å². The van der Waals surface area contributed by atoms with Crippen molar-refractivity contribution in [3.8, 4) is 0 Å². The number of hydrazine groups is 1. The zero-order valence-corrected chi connectivity index (χ0v) is 10.6. The molecule has 2 aromatic heterocycles. The molecule has 0 amide bonds. The molecule has 0 atom stereocenters. The first-order valence-corrected chi connectivity index (χ1v) is 6.10. The Labute approximate surface area is 104 Å². The van der Waals surface area contributed by atoms with Gasteiger partial charge in [-0.3, -0.25) is 0 Å². The van der Waals surface area contributed by atoms with Crippen LogP contribution in [0.3, 0.4) is 0 Å². The maximum atomic E-state index is 5.33. The molecule has 2 heterocycles. The number of rotatable bonds is 4. The molecule has 0 aliphatic carbocycles. The summed E-state index contributed by atoms with van der Waals surface area (Å²) < 4.78 is 0. The zero-order valence-electron chi connectivity index (χ0n) is 9.82. The van der Waals surface area contributed by atoms with Crippen LogP contribution in [-0.4, -0.2) is 9.97 Å². The van der Waals surface area contributed by atoms with Gasteiger partial charge in [0.05, 0.1) is 6.54 Å². The van der Waals surface area contributed by atoms with Crippen molar-refractivity contribution in [2.24, 2.45) is 5.84 Å². The topological polar surface area (TPSA) is 75.9 Å². The van der Waals surface area contributed by atoms with Crippen molar-refractivity contribution in [1.82, 2.24) is 9.97 Å². The van der Waals surface area contributed by atoms with Crippen LogP contribution in [0.15, 0.2) is 18.2 Å². The van der Waals surface area contributed by atoms with Crippen LogP contribution in [0.2, 0.25) is 0 Å². The van der Waals surface area contributed by atoms with Crippen molar-refractivity contribution in [2.75, 3.05) is 10.7 Å². The third-order valence-electron chi connectivity index (χ3n) is 2.23. The number of thiophene rings is 1. The number of hydrogen-bond donors (Lipinski definition) is 3. The number of hydrogen-bond acceptors (Lipinski definition) is 6. The van der Waals surface area contributed by atoms with Gasteiger partial charge in [0.1, 0.15) is 17.5 Å². The van der Waals surface area contributed by atoms with Crippen LogP contribution in [0.4, 0.5) is 11.6 Å². The molecular formula is C11H15N5S. The van der Waals surface area contributed by atoms with Crippen LogP contribution in [0.5, 0.6) is 0 Å². The smallest absolute Gasteiger partial charge is 0.145 e. The molecule has 0 radical (unpaired) electrons. The second-order valence-corrected chi connectivity index (χ2v) is 5.07. The van der Waals surface area contributed by atoms with Crippen LogP contribution in [0.1, 0.15) is 15.6 Å². The third-order valence-corrected chi connectivity index (χ3v) is 3.23. The molecule has 5 nitrogen and oxygen atoms in total.